The van der Waals surface area contributed by atoms with Crippen molar-refractivity contribution < 1.29 is 9.59 Å². The molecule has 0 aliphatic carbocycles. The van der Waals surface area contributed by atoms with Crippen LogP contribution in [0.4, 0.5) is 0 Å². The summed E-state index contributed by atoms with van der Waals surface area (Å²) in [5.41, 5.74) is 0. The minimum absolute atomic E-state index is 0.00694. The summed E-state index contributed by atoms with van der Waals surface area (Å²) in [6.45, 7) is 4.32. The lowest BCUT2D eigenvalue weighted by Gasteiger charge is -2.20. The molecule has 0 aromatic heterocycles. The molecule has 12 heavy (non-hydrogen) atoms. The maximum absolute atomic E-state index is 11.4. The zero-order valence-corrected chi connectivity index (χ0v) is 7.67. The SMILES string of the molecule is CC(=O)CC(=O)N1CCCC1C. The molecule has 0 aromatic carbocycles. The first-order valence-corrected chi connectivity index (χ1v) is 4.40. The van der Waals surface area contributed by atoms with Gasteiger partial charge in [-0.25, -0.2) is 0 Å². The maximum Gasteiger partial charge on any atom is 0.230 e. The highest BCUT2D eigenvalue weighted by Gasteiger charge is 2.25. The van der Waals surface area contributed by atoms with Gasteiger partial charge in [0.2, 0.25) is 5.91 Å². The molecule has 1 saturated heterocycles. The second kappa shape index (κ2) is 3.70. The number of likely N-dealkylation sites (tertiary alicyclic amines) is 1. The topological polar surface area (TPSA) is 37.4 Å². The monoisotopic (exact) mass is 169 g/mol. The van der Waals surface area contributed by atoms with Gasteiger partial charge in [-0.15, -0.1) is 0 Å². The fraction of sp³-hybridized carbons (Fsp3) is 0.778. The van der Waals surface area contributed by atoms with Gasteiger partial charge >= 0.3 is 0 Å². The maximum atomic E-state index is 11.4. The molecule has 1 heterocycles. The van der Waals surface area contributed by atoms with Crippen LogP contribution in [0.1, 0.15) is 33.1 Å². The standard InChI is InChI=1S/C9H15NO2/c1-7-4-3-5-10(7)9(12)6-8(2)11/h7H,3-6H2,1-2H3. The first kappa shape index (κ1) is 9.23. The van der Waals surface area contributed by atoms with Crippen molar-refractivity contribution in [1.29, 1.82) is 0 Å². The van der Waals surface area contributed by atoms with E-state index in [-0.39, 0.29) is 18.1 Å². The number of carbonyl (C=O) groups excluding carboxylic acids is 2. The Morgan fingerprint density at radius 3 is 2.58 bits per heavy atom. The number of hydrogen-bond acceptors (Lipinski definition) is 2. The van der Waals surface area contributed by atoms with Gasteiger partial charge in [-0.05, 0) is 26.7 Å². The van der Waals surface area contributed by atoms with Gasteiger partial charge in [-0.3, -0.25) is 9.59 Å². The summed E-state index contributed by atoms with van der Waals surface area (Å²) in [6.07, 6.45) is 2.22. The van der Waals surface area contributed by atoms with Gasteiger partial charge in [0.25, 0.3) is 0 Å². The van der Waals surface area contributed by atoms with E-state index in [1.807, 2.05) is 6.92 Å². The minimum atomic E-state index is -0.0425. The van der Waals surface area contributed by atoms with Crippen molar-refractivity contribution in [3.8, 4) is 0 Å². The number of amides is 1. The van der Waals surface area contributed by atoms with E-state index >= 15 is 0 Å². The zero-order chi connectivity index (χ0) is 9.14. The normalized spacial score (nSPS) is 22.8. The van der Waals surface area contributed by atoms with Crippen LogP contribution in [0.25, 0.3) is 0 Å². The highest BCUT2D eigenvalue weighted by atomic mass is 16.2. The third-order valence-corrected chi connectivity index (χ3v) is 2.27. The molecule has 3 heteroatoms. The van der Waals surface area contributed by atoms with Crippen molar-refractivity contribution in [3.63, 3.8) is 0 Å². The molecular weight excluding hydrogens is 154 g/mol. The molecule has 1 aliphatic rings. The summed E-state index contributed by atoms with van der Waals surface area (Å²) >= 11 is 0. The number of Topliss-reactive ketones (excluding diaryl/α,β-unsaturated/α-hetero) is 1. The summed E-state index contributed by atoms with van der Waals surface area (Å²) in [4.78, 5) is 23.8. The lowest BCUT2D eigenvalue weighted by Crippen LogP contribution is -2.34. The quantitative estimate of drug-likeness (QED) is 0.578. The van der Waals surface area contributed by atoms with E-state index in [2.05, 4.69) is 0 Å². The number of hydrogen-bond donors (Lipinski definition) is 0. The van der Waals surface area contributed by atoms with Crippen molar-refractivity contribution >= 4 is 11.7 Å². The predicted octanol–water partition coefficient (Wildman–Crippen LogP) is 0.976. The highest BCUT2D eigenvalue weighted by molar-refractivity contribution is 5.96. The van der Waals surface area contributed by atoms with E-state index in [1.54, 1.807) is 4.90 Å². The fourth-order valence-electron chi connectivity index (χ4n) is 1.62. The Morgan fingerprint density at radius 2 is 2.17 bits per heavy atom. The van der Waals surface area contributed by atoms with Gasteiger partial charge in [0, 0.05) is 12.6 Å². The predicted molar refractivity (Wildman–Crippen MR) is 45.7 cm³/mol. The average molecular weight is 169 g/mol. The van der Waals surface area contributed by atoms with Crippen molar-refractivity contribution in [1.82, 2.24) is 4.90 Å². The van der Waals surface area contributed by atoms with E-state index < -0.39 is 0 Å². The molecule has 0 bridgehead atoms. The second-order valence-corrected chi connectivity index (χ2v) is 3.46. The largest absolute Gasteiger partial charge is 0.340 e. The van der Waals surface area contributed by atoms with Gasteiger partial charge in [-0.1, -0.05) is 0 Å². The molecular formula is C9H15NO2. The van der Waals surface area contributed by atoms with E-state index in [0.29, 0.717) is 6.04 Å². The lowest BCUT2D eigenvalue weighted by molar-refractivity contribution is -0.135. The zero-order valence-electron chi connectivity index (χ0n) is 7.67. The molecule has 1 rings (SSSR count). The van der Waals surface area contributed by atoms with Crippen molar-refractivity contribution in [3.05, 3.63) is 0 Å². The molecule has 0 radical (unpaired) electrons. The molecule has 68 valence electrons. The Morgan fingerprint density at radius 1 is 1.50 bits per heavy atom. The highest BCUT2D eigenvalue weighted by Crippen LogP contribution is 2.17. The van der Waals surface area contributed by atoms with E-state index in [1.165, 1.54) is 6.92 Å². The van der Waals surface area contributed by atoms with Gasteiger partial charge in [0.05, 0.1) is 6.42 Å². The fourth-order valence-corrected chi connectivity index (χ4v) is 1.62. The Balaban J connectivity index is 2.46. The van der Waals surface area contributed by atoms with Gasteiger partial charge < -0.3 is 4.90 Å². The van der Waals surface area contributed by atoms with Crippen LogP contribution >= 0.6 is 0 Å². The van der Waals surface area contributed by atoms with Crippen LogP contribution in [0.2, 0.25) is 0 Å². The molecule has 1 unspecified atom stereocenters. The molecule has 0 saturated carbocycles. The van der Waals surface area contributed by atoms with Crippen LogP contribution in [-0.2, 0) is 9.59 Å². The molecule has 1 amide bonds. The molecule has 1 fully saturated rings. The van der Waals surface area contributed by atoms with Crippen LogP contribution < -0.4 is 0 Å². The summed E-state index contributed by atoms with van der Waals surface area (Å²) < 4.78 is 0. The van der Waals surface area contributed by atoms with Gasteiger partial charge in [0.1, 0.15) is 5.78 Å². The Hall–Kier alpha value is -0.860. The molecule has 0 aromatic rings. The van der Waals surface area contributed by atoms with E-state index in [4.69, 9.17) is 0 Å². The first-order valence-electron chi connectivity index (χ1n) is 4.40. The van der Waals surface area contributed by atoms with Crippen LogP contribution in [0, 0.1) is 0 Å². The molecule has 1 atom stereocenters. The Labute approximate surface area is 72.7 Å². The summed E-state index contributed by atoms with van der Waals surface area (Å²) in [5.74, 6) is -0.0494. The summed E-state index contributed by atoms with van der Waals surface area (Å²) in [7, 11) is 0. The first-order chi connectivity index (χ1) is 5.61. The van der Waals surface area contributed by atoms with Gasteiger partial charge in [-0.2, -0.15) is 0 Å². The number of rotatable bonds is 2. The Kier molecular flexibility index (Phi) is 2.84. The van der Waals surface area contributed by atoms with Crippen LogP contribution in [0.5, 0.6) is 0 Å². The summed E-state index contributed by atoms with van der Waals surface area (Å²) in [6, 6.07) is 0.330. The summed E-state index contributed by atoms with van der Waals surface area (Å²) in [5, 5.41) is 0. The van der Waals surface area contributed by atoms with Crippen molar-refractivity contribution in [2.75, 3.05) is 6.54 Å². The smallest absolute Gasteiger partial charge is 0.230 e. The molecule has 1 aliphatic heterocycles. The van der Waals surface area contributed by atoms with Crippen molar-refractivity contribution in [2.24, 2.45) is 0 Å². The molecule has 0 N–H and O–H groups in total. The van der Waals surface area contributed by atoms with Crippen LogP contribution in [0.15, 0.2) is 0 Å². The van der Waals surface area contributed by atoms with E-state index in [9.17, 15) is 9.59 Å². The number of ketones is 1. The molecule has 0 spiro atoms. The molecule has 3 nitrogen and oxygen atoms in total. The minimum Gasteiger partial charge on any atom is -0.340 e. The van der Waals surface area contributed by atoms with Crippen LogP contribution in [-0.4, -0.2) is 29.2 Å². The Bertz CT molecular complexity index is 201. The third-order valence-electron chi connectivity index (χ3n) is 2.27. The van der Waals surface area contributed by atoms with Crippen molar-refractivity contribution in [2.45, 2.75) is 39.2 Å². The number of carbonyl (C=O) groups is 2. The van der Waals surface area contributed by atoms with E-state index in [0.717, 1.165) is 19.4 Å². The van der Waals surface area contributed by atoms with Crippen LogP contribution in [0.3, 0.4) is 0 Å². The second-order valence-electron chi connectivity index (χ2n) is 3.46. The third kappa shape index (κ3) is 2.06. The number of nitrogens with zero attached hydrogens (tertiary/aromatic N) is 1. The van der Waals surface area contributed by atoms with Gasteiger partial charge in [0.15, 0.2) is 0 Å². The lowest BCUT2D eigenvalue weighted by atomic mass is 10.2. The average Bonchev–Trinajstić information content (AvgIpc) is 2.33.